The van der Waals surface area contributed by atoms with Gasteiger partial charge in [0.1, 0.15) is 0 Å². The van der Waals surface area contributed by atoms with Crippen molar-refractivity contribution < 1.29 is 18.0 Å². The number of amides is 2. The van der Waals surface area contributed by atoms with Crippen molar-refractivity contribution in [3.8, 4) is 0 Å². The van der Waals surface area contributed by atoms with Gasteiger partial charge in [0, 0.05) is 18.2 Å². The Hall–Kier alpha value is -2.67. The summed E-state index contributed by atoms with van der Waals surface area (Å²) in [5.74, 6) is -0.660. The van der Waals surface area contributed by atoms with Crippen LogP contribution in [0, 0.1) is 0 Å². The van der Waals surface area contributed by atoms with E-state index in [2.05, 4.69) is 10.6 Å². The highest BCUT2D eigenvalue weighted by molar-refractivity contribution is 7.91. The summed E-state index contributed by atoms with van der Waals surface area (Å²) in [5.41, 5.74) is 1.49. The van der Waals surface area contributed by atoms with Gasteiger partial charge in [-0.3, -0.25) is 9.59 Å². The summed E-state index contributed by atoms with van der Waals surface area (Å²) >= 11 is 0. The quantitative estimate of drug-likeness (QED) is 0.710. The van der Waals surface area contributed by atoms with Gasteiger partial charge >= 0.3 is 0 Å². The molecule has 0 aliphatic carbocycles. The van der Waals surface area contributed by atoms with Crippen LogP contribution in [-0.4, -0.2) is 32.0 Å². The van der Waals surface area contributed by atoms with Crippen LogP contribution in [0.3, 0.4) is 0 Å². The largest absolute Gasteiger partial charge is 0.350 e. The second kappa shape index (κ2) is 9.50. The summed E-state index contributed by atoms with van der Waals surface area (Å²) < 4.78 is 24.4. The van der Waals surface area contributed by atoms with Gasteiger partial charge in [-0.15, -0.1) is 0 Å². The Labute approximate surface area is 166 Å². The minimum atomic E-state index is -3.49. The highest BCUT2D eigenvalue weighted by Crippen LogP contribution is 2.17. The molecule has 0 aliphatic rings. The molecule has 0 aliphatic heterocycles. The van der Waals surface area contributed by atoms with Crippen molar-refractivity contribution in [3.05, 3.63) is 65.2 Å². The number of carbonyl (C=O) groups is 2. The van der Waals surface area contributed by atoms with Crippen LogP contribution in [0.2, 0.25) is 0 Å². The molecule has 1 atom stereocenters. The maximum Gasteiger partial charge on any atom is 0.252 e. The molecule has 0 bridgehead atoms. The van der Waals surface area contributed by atoms with Gasteiger partial charge in [0.25, 0.3) is 11.8 Å². The molecule has 0 radical (unpaired) electrons. The average Bonchev–Trinajstić information content (AvgIpc) is 2.72. The third-order valence-corrected chi connectivity index (χ3v) is 6.29. The lowest BCUT2D eigenvalue weighted by Gasteiger charge is -2.12. The minimum absolute atomic E-state index is 0.0343. The zero-order valence-corrected chi connectivity index (χ0v) is 17.2. The van der Waals surface area contributed by atoms with Gasteiger partial charge in [0.2, 0.25) is 0 Å². The Balaban J connectivity index is 2.05. The highest BCUT2D eigenvalue weighted by atomic mass is 32.2. The van der Waals surface area contributed by atoms with Crippen LogP contribution in [0.25, 0.3) is 0 Å². The van der Waals surface area contributed by atoms with Crippen LogP contribution in [0.5, 0.6) is 0 Å². The Kier molecular flexibility index (Phi) is 7.34. The zero-order valence-electron chi connectivity index (χ0n) is 16.4. The first kappa shape index (κ1) is 21.6. The van der Waals surface area contributed by atoms with Crippen LogP contribution in [0.1, 0.15) is 53.5 Å². The molecule has 2 aromatic carbocycles. The Morgan fingerprint density at radius 2 is 1.61 bits per heavy atom. The van der Waals surface area contributed by atoms with Crippen molar-refractivity contribution in [1.29, 1.82) is 0 Å². The van der Waals surface area contributed by atoms with Gasteiger partial charge in [-0.05, 0) is 43.2 Å². The summed E-state index contributed by atoms with van der Waals surface area (Å²) in [5, 5.41) is 5.64. The maximum atomic E-state index is 12.5. The van der Waals surface area contributed by atoms with Crippen LogP contribution < -0.4 is 10.6 Å². The van der Waals surface area contributed by atoms with Gasteiger partial charge in [-0.1, -0.05) is 38.1 Å². The first-order valence-corrected chi connectivity index (χ1v) is 10.9. The van der Waals surface area contributed by atoms with E-state index in [1.165, 1.54) is 12.1 Å². The molecule has 7 heteroatoms. The van der Waals surface area contributed by atoms with Crippen LogP contribution in [0.4, 0.5) is 0 Å². The van der Waals surface area contributed by atoms with Crippen molar-refractivity contribution in [3.63, 3.8) is 0 Å². The van der Waals surface area contributed by atoms with Crippen LogP contribution in [-0.2, 0) is 16.4 Å². The van der Waals surface area contributed by atoms with Gasteiger partial charge in [-0.25, -0.2) is 8.42 Å². The SMILES string of the molecule is CCC(C)NC(=O)c1ccc(CNC(=O)c2ccccc2S(=O)(=O)CC)cc1. The molecule has 28 heavy (non-hydrogen) atoms. The number of sulfone groups is 1. The van der Waals surface area contributed by atoms with Crippen LogP contribution in [0.15, 0.2) is 53.4 Å². The second-order valence-electron chi connectivity index (χ2n) is 6.56. The Morgan fingerprint density at radius 1 is 0.964 bits per heavy atom. The fourth-order valence-electron chi connectivity index (χ4n) is 2.54. The Bertz CT molecular complexity index is 937. The van der Waals surface area contributed by atoms with E-state index in [1.807, 2.05) is 13.8 Å². The topological polar surface area (TPSA) is 92.3 Å². The van der Waals surface area contributed by atoms with Gasteiger partial charge in [-0.2, -0.15) is 0 Å². The summed E-state index contributed by atoms with van der Waals surface area (Å²) in [6.07, 6.45) is 0.852. The standard InChI is InChI=1S/C21H26N2O4S/c1-4-15(3)23-20(24)17-12-10-16(11-13-17)14-22-21(25)18-8-6-7-9-19(18)28(26,27)5-2/h6-13,15H,4-5,14H2,1-3H3,(H,22,25)(H,23,24). The van der Waals surface area contributed by atoms with E-state index >= 15 is 0 Å². The number of nitrogens with one attached hydrogen (secondary N) is 2. The molecule has 0 aromatic heterocycles. The highest BCUT2D eigenvalue weighted by Gasteiger charge is 2.20. The lowest BCUT2D eigenvalue weighted by atomic mass is 10.1. The molecule has 0 fully saturated rings. The van der Waals surface area contributed by atoms with E-state index in [4.69, 9.17) is 0 Å². The molecule has 6 nitrogen and oxygen atoms in total. The molecular formula is C21H26N2O4S. The fraction of sp³-hybridized carbons (Fsp3) is 0.333. The normalized spacial score (nSPS) is 12.2. The minimum Gasteiger partial charge on any atom is -0.350 e. The van der Waals surface area contributed by atoms with Crippen molar-refractivity contribution in [2.45, 2.75) is 44.7 Å². The first-order chi connectivity index (χ1) is 13.3. The first-order valence-electron chi connectivity index (χ1n) is 9.28. The third kappa shape index (κ3) is 5.42. The van der Waals surface area contributed by atoms with Crippen LogP contribution >= 0.6 is 0 Å². The fourth-order valence-corrected chi connectivity index (χ4v) is 3.63. The lowest BCUT2D eigenvalue weighted by Crippen LogP contribution is -2.31. The maximum absolute atomic E-state index is 12.5. The molecular weight excluding hydrogens is 376 g/mol. The Morgan fingerprint density at radius 3 is 2.21 bits per heavy atom. The number of benzene rings is 2. The van der Waals surface area contributed by atoms with E-state index in [-0.39, 0.29) is 34.7 Å². The zero-order chi connectivity index (χ0) is 20.7. The third-order valence-electron chi connectivity index (χ3n) is 4.51. The van der Waals surface area contributed by atoms with Crippen molar-refractivity contribution in [2.75, 3.05) is 5.75 Å². The molecule has 0 spiro atoms. The number of carbonyl (C=O) groups excluding carboxylic acids is 2. The summed E-state index contributed by atoms with van der Waals surface area (Å²) in [4.78, 5) is 24.6. The monoisotopic (exact) mass is 402 g/mol. The van der Waals surface area contributed by atoms with Crippen molar-refractivity contribution in [2.24, 2.45) is 0 Å². The molecule has 2 rings (SSSR count). The lowest BCUT2D eigenvalue weighted by molar-refractivity contribution is 0.0933. The summed E-state index contributed by atoms with van der Waals surface area (Å²) in [6, 6.07) is 13.2. The van der Waals surface area contributed by atoms with Gasteiger partial charge in [0.15, 0.2) is 9.84 Å². The predicted octanol–water partition coefficient (Wildman–Crippen LogP) is 2.94. The molecule has 2 amide bonds. The van der Waals surface area contributed by atoms with Crippen molar-refractivity contribution >= 4 is 21.7 Å². The predicted molar refractivity (Wildman–Crippen MR) is 109 cm³/mol. The second-order valence-corrected chi connectivity index (χ2v) is 8.81. The molecule has 2 aromatic rings. The summed E-state index contributed by atoms with van der Waals surface area (Å²) in [7, 11) is -3.49. The van der Waals surface area contributed by atoms with E-state index in [1.54, 1.807) is 43.3 Å². The smallest absolute Gasteiger partial charge is 0.252 e. The van der Waals surface area contributed by atoms with E-state index < -0.39 is 15.7 Å². The average molecular weight is 403 g/mol. The molecule has 150 valence electrons. The number of hydrogen-bond donors (Lipinski definition) is 2. The number of hydrogen-bond acceptors (Lipinski definition) is 4. The van der Waals surface area contributed by atoms with Gasteiger partial charge in [0.05, 0.1) is 16.2 Å². The van der Waals surface area contributed by atoms with E-state index in [9.17, 15) is 18.0 Å². The molecule has 2 N–H and O–H groups in total. The molecule has 1 unspecified atom stereocenters. The number of rotatable bonds is 8. The molecule has 0 saturated heterocycles. The molecule has 0 saturated carbocycles. The molecule has 0 heterocycles. The van der Waals surface area contributed by atoms with Gasteiger partial charge < -0.3 is 10.6 Å². The summed E-state index contributed by atoms with van der Waals surface area (Å²) in [6.45, 7) is 5.72. The van der Waals surface area contributed by atoms with E-state index in [0.29, 0.717) is 5.56 Å². The van der Waals surface area contributed by atoms with E-state index in [0.717, 1.165) is 12.0 Å². The van der Waals surface area contributed by atoms with Crippen molar-refractivity contribution in [1.82, 2.24) is 10.6 Å².